The number of carbonyl (C=O) groups excluding carboxylic acids is 1. The molecule has 1 amide bonds. The zero-order chi connectivity index (χ0) is 19.4. The lowest BCUT2D eigenvalue weighted by atomic mass is 10.1. The lowest BCUT2D eigenvalue weighted by molar-refractivity contribution is -0.115. The van der Waals surface area contributed by atoms with Crippen molar-refractivity contribution in [3.05, 3.63) is 71.0 Å². The normalized spacial score (nSPS) is 9.85. The van der Waals surface area contributed by atoms with Gasteiger partial charge in [0.2, 0.25) is 5.91 Å². The highest BCUT2D eigenvalue weighted by Crippen LogP contribution is 2.16. The number of aryl methyl sites for hydroxylation is 1. The lowest BCUT2D eigenvalue weighted by Crippen LogP contribution is -2.14. The van der Waals surface area contributed by atoms with Gasteiger partial charge in [-0.3, -0.25) is 9.78 Å². The number of hydrogen-bond donors (Lipinski definition) is 1. The first kappa shape index (κ1) is 21.9. The van der Waals surface area contributed by atoms with Crippen LogP contribution in [0.15, 0.2) is 54.7 Å². The topological polar surface area (TPSA) is 42.0 Å². The van der Waals surface area contributed by atoms with Gasteiger partial charge in [0.1, 0.15) is 0 Å². The maximum Gasteiger partial charge on any atom is 0.228 e. The molecule has 0 unspecified atom stereocenters. The van der Waals surface area contributed by atoms with E-state index in [-0.39, 0.29) is 12.3 Å². The smallest absolute Gasteiger partial charge is 0.228 e. The van der Waals surface area contributed by atoms with Crippen LogP contribution in [-0.4, -0.2) is 10.9 Å². The molecule has 0 saturated carbocycles. The van der Waals surface area contributed by atoms with Gasteiger partial charge < -0.3 is 5.32 Å². The van der Waals surface area contributed by atoms with Crippen LogP contribution in [0.2, 0.25) is 5.02 Å². The van der Waals surface area contributed by atoms with Gasteiger partial charge in [0.15, 0.2) is 0 Å². The number of nitrogens with one attached hydrogen (secondary N) is 1. The number of anilines is 1. The minimum absolute atomic E-state index is 0.0980. The Labute approximate surface area is 162 Å². The number of carbonyl (C=O) groups is 1. The molecule has 0 bridgehead atoms. The van der Waals surface area contributed by atoms with Gasteiger partial charge in [-0.05, 0) is 56.4 Å². The Morgan fingerprint density at radius 2 is 1.88 bits per heavy atom. The Bertz CT molecular complexity index is 696. The van der Waals surface area contributed by atoms with Crippen molar-refractivity contribution in [3.8, 4) is 0 Å². The fourth-order valence-corrected chi connectivity index (χ4v) is 2.60. The molecular weight excluding hydrogens is 344 g/mol. The van der Waals surface area contributed by atoms with Crippen LogP contribution in [-0.2, 0) is 17.6 Å². The van der Waals surface area contributed by atoms with E-state index in [0.717, 1.165) is 36.9 Å². The molecule has 4 heteroatoms. The number of aromatic nitrogens is 1. The number of allylic oxidation sites excluding steroid dienone is 1. The molecule has 1 N–H and O–H groups in total. The van der Waals surface area contributed by atoms with Crippen molar-refractivity contribution in [1.29, 1.82) is 0 Å². The number of hydrogen-bond acceptors (Lipinski definition) is 2. The Morgan fingerprint density at radius 1 is 1.15 bits per heavy atom. The van der Waals surface area contributed by atoms with Crippen molar-refractivity contribution in [2.45, 2.75) is 52.9 Å². The molecule has 1 aromatic carbocycles. The molecule has 0 fully saturated rings. The van der Waals surface area contributed by atoms with Gasteiger partial charge in [-0.1, -0.05) is 49.2 Å². The van der Waals surface area contributed by atoms with Crippen LogP contribution in [0.4, 0.5) is 5.69 Å². The number of pyridine rings is 1. The highest BCUT2D eigenvalue weighted by atomic mass is 35.5. The molecule has 3 nitrogen and oxygen atoms in total. The van der Waals surface area contributed by atoms with Gasteiger partial charge in [-0.2, -0.15) is 0 Å². The summed E-state index contributed by atoms with van der Waals surface area (Å²) in [5.41, 5.74) is 3.79. The van der Waals surface area contributed by atoms with Crippen LogP contribution in [0.25, 0.3) is 0 Å². The fourth-order valence-electron chi connectivity index (χ4n) is 2.40. The second kappa shape index (κ2) is 12.3. The molecule has 26 heavy (non-hydrogen) atoms. The third kappa shape index (κ3) is 8.30. The summed E-state index contributed by atoms with van der Waals surface area (Å²) in [5.74, 6) is -0.0980. The Hall–Kier alpha value is -2.13. The van der Waals surface area contributed by atoms with Crippen LogP contribution in [0, 0.1) is 0 Å². The summed E-state index contributed by atoms with van der Waals surface area (Å²) >= 11 is 6.07. The summed E-state index contributed by atoms with van der Waals surface area (Å²) < 4.78 is 0. The zero-order valence-electron chi connectivity index (χ0n) is 16.0. The highest BCUT2D eigenvalue weighted by molar-refractivity contribution is 6.31. The molecule has 0 spiro atoms. The number of unbranched alkanes of at least 4 members (excludes halogenated alkanes) is 1. The summed E-state index contributed by atoms with van der Waals surface area (Å²) in [5, 5.41) is 3.46. The van der Waals surface area contributed by atoms with Gasteiger partial charge in [0.05, 0.1) is 18.3 Å². The van der Waals surface area contributed by atoms with Crippen molar-refractivity contribution in [2.24, 2.45) is 0 Å². The summed E-state index contributed by atoms with van der Waals surface area (Å²) in [6, 6.07) is 11.2. The predicted octanol–water partition coefficient (Wildman–Crippen LogP) is 6.23. The molecule has 140 valence electrons. The van der Waals surface area contributed by atoms with E-state index in [4.69, 9.17) is 11.6 Å². The summed E-state index contributed by atoms with van der Waals surface area (Å²) in [4.78, 5) is 16.5. The summed E-state index contributed by atoms with van der Waals surface area (Å²) in [6.45, 7) is 9.96. The van der Waals surface area contributed by atoms with E-state index in [1.165, 1.54) is 5.57 Å². The highest BCUT2D eigenvalue weighted by Gasteiger charge is 2.07. The van der Waals surface area contributed by atoms with E-state index in [2.05, 4.69) is 23.8 Å². The number of amides is 1. The third-order valence-corrected chi connectivity index (χ3v) is 4.07. The predicted molar refractivity (Wildman–Crippen MR) is 112 cm³/mol. The molecule has 0 saturated heterocycles. The minimum atomic E-state index is -0.0980. The van der Waals surface area contributed by atoms with E-state index < -0.39 is 0 Å². The molecule has 0 atom stereocenters. The number of nitrogens with zero attached hydrogens (tertiary/aromatic N) is 1. The average molecular weight is 373 g/mol. The van der Waals surface area contributed by atoms with Crippen molar-refractivity contribution in [3.63, 3.8) is 0 Å². The molecule has 1 heterocycles. The van der Waals surface area contributed by atoms with Gasteiger partial charge in [0, 0.05) is 10.7 Å². The molecule has 1 aromatic heterocycles. The van der Waals surface area contributed by atoms with E-state index in [0.29, 0.717) is 10.7 Å². The van der Waals surface area contributed by atoms with Crippen LogP contribution in [0.1, 0.15) is 51.3 Å². The Kier molecular flexibility index (Phi) is 10.3. The number of rotatable bonds is 8. The zero-order valence-corrected chi connectivity index (χ0v) is 16.8. The van der Waals surface area contributed by atoms with Gasteiger partial charge >= 0.3 is 0 Å². The van der Waals surface area contributed by atoms with E-state index in [9.17, 15) is 4.79 Å². The van der Waals surface area contributed by atoms with Crippen molar-refractivity contribution in [1.82, 2.24) is 4.98 Å². The molecule has 2 aromatic rings. The molecule has 0 aliphatic heterocycles. The summed E-state index contributed by atoms with van der Waals surface area (Å²) in [7, 11) is 0. The van der Waals surface area contributed by atoms with Crippen molar-refractivity contribution >= 4 is 23.2 Å². The first-order valence-electron chi connectivity index (χ1n) is 9.17. The standard InChI is InChI=1S/C20H23ClN2O.C2H6/c1-15(2)7-3-5-9-17-11-12-18(14-22-17)23-20(24)13-16-8-4-6-10-19(16)21;1-2/h4,6,8,10-12,14H,1,3,5,7,9,13H2,2H3,(H,23,24);1-2H3. The SMILES string of the molecule is C=C(C)CCCCc1ccc(NC(=O)Cc2ccccc2Cl)cn1.CC. The fraction of sp³-hybridized carbons (Fsp3) is 0.364. The first-order valence-corrected chi connectivity index (χ1v) is 9.55. The van der Waals surface area contributed by atoms with E-state index >= 15 is 0 Å². The minimum Gasteiger partial charge on any atom is -0.324 e. The first-order chi connectivity index (χ1) is 12.5. The molecule has 0 radical (unpaired) electrons. The van der Waals surface area contributed by atoms with E-state index in [1.807, 2.05) is 44.2 Å². The average Bonchev–Trinajstić information content (AvgIpc) is 2.63. The van der Waals surface area contributed by atoms with Gasteiger partial charge in [-0.15, -0.1) is 6.58 Å². The quantitative estimate of drug-likeness (QED) is 0.440. The monoisotopic (exact) mass is 372 g/mol. The second-order valence-corrected chi connectivity index (χ2v) is 6.43. The number of benzene rings is 1. The Balaban J connectivity index is 0.00000163. The van der Waals surface area contributed by atoms with Crippen molar-refractivity contribution < 1.29 is 4.79 Å². The summed E-state index contributed by atoms with van der Waals surface area (Å²) in [6.07, 6.45) is 6.20. The second-order valence-electron chi connectivity index (χ2n) is 6.02. The molecule has 0 aliphatic carbocycles. The lowest BCUT2D eigenvalue weighted by Gasteiger charge is -2.07. The van der Waals surface area contributed by atoms with Gasteiger partial charge in [0.25, 0.3) is 0 Å². The molecule has 2 rings (SSSR count). The van der Waals surface area contributed by atoms with Crippen LogP contribution in [0.5, 0.6) is 0 Å². The van der Waals surface area contributed by atoms with Crippen LogP contribution in [0.3, 0.4) is 0 Å². The number of halogens is 1. The molecule has 0 aliphatic rings. The molecular formula is C22H29ClN2O. The van der Waals surface area contributed by atoms with Crippen LogP contribution < -0.4 is 5.32 Å². The maximum atomic E-state index is 12.1. The van der Waals surface area contributed by atoms with Crippen LogP contribution >= 0.6 is 11.6 Å². The van der Waals surface area contributed by atoms with E-state index in [1.54, 1.807) is 12.3 Å². The Morgan fingerprint density at radius 3 is 2.50 bits per heavy atom. The van der Waals surface area contributed by atoms with Gasteiger partial charge in [-0.25, -0.2) is 0 Å². The third-order valence-electron chi connectivity index (χ3n) is 3.70. The van der Waals surface area contributed by atoms with Crippen molar-refractivity contribution in [2.75, 3.05) is 5.32 Å². The largest absolute Gasteiger partial charge is 0.324 e. The maximum absolute atomic E-state index is 12.1.